The molecule has 2 aromatic heterocycles. The molecule has 3 heterocycles. The summed E-state index contributed by atoms with van der Waals surface area (Å²) in [5, 5.41) is 4.52. The molecule has 0 fully saturated rings. The van der Waals surface area contributed by atoms with Crippen LogP contribution in [0.4, 0.5) is 21.6 Å². The summed E-state index contributed by atoms with van der Waals surface area (Å²) in [5.41, 5.74) is 14.5. The third-order valence-electron chi connectivity index (χ3n) is 4.26. The zero-order chi connectivity index (χ0) is 16.8. The van der Waals surface area contributed by atoms with Gasteiger partial charge < -0.3 is 21.5 Å². The van der Waals surface area contributed by atoms with Crippen LogP contribution in [-0.4, -0.2) is 23.1 Å². The molecule has 0 amide bonds. The lowest BCUT2D eigenvalue weighted by atomic mass is 9.97. The van der Waals surface area contributed by atoms with E-state index in [9.17, 15) is 4.39 Å². The Morgan fingerprint density at radius 1 is 1.17 bits per heavy atom. The Morgan fingerprint density at radius 2 is 2.00 bits per heavy atom. The summed E-state index contributed by atoms with van der Waals surface area (Å²) in [6, 6.07) is 3.40. The molecule has 0 aliphatic carbocycles. The van der Waals surface area contributed by atoms with Crippen LogP contribution in [0.1, 0.15) is 5.56 Å². The van der Waals surface area contributed by atoms with Gasteiger partial charge in [0.05, 0.1) is 5.69 Å². The van der Waals surface area contributed by atoms with E-state index in [4.69, 9.17) is 16.2 Å². The van der Waals surface area contributed by atoms with Crippen molar-refractivity contribution in [1.82, 2.24) is 9.97 Å². The van der Waals surface area contributed by atoms with Crippen LogP contribution in [0.3, 0.4) is 0 Å². The van der Waals surface area contributed by atoms with Crippen LogP contribution >= 0.6 is 0 Å². The number of ether oxygens (including phenoxy) is 1. The predicted octanol–water partition coefficient (Wildman–Crippen LogP) is 2.71. The summed E-state index contributed by atoms with van der Waals surface area (Å²) >= 11 is 0. The monoisotopic (exact) mass is 325 g/mol. The second kappa shape index (κ2) is 5.23. The van der Waals surface area contributed by atoms with E-state index >= 15 is 0 Å². The second-order valence-electron chi connectivity index (χ2n) is 5.73. The minimum atomic E-state index is -0.490. The average Bonchev–Trinajstić information content (AvgIpc) is 2.59. The molecule has 0 saturated heterocycles. The number of aromatic nitrogens is 2. The largest absolute Gasteiger partial charge is 0.474 e. The molecule has 1 aliphatic rings. The van der Waals surface area contributed by atoms with Gasteiger partial charge in [0.1, 0.15) is 18.1 Å². The van der Waals surface area contributed by atoms with Crippen LogP contribution in [0.5, 0.6) is 5.88 Å². The summed E-state index contributed by atoms with van der Waals surface area (Å²) in [7, 11) is 0. The van der Waals surface area contributed by atoms with Crippen molar-refractivity contribution in [3.05, 3.63) is 35.9 Å². The Hall–Kier alpha value is -3.09. The molecule has 0 radical (unpaired) electrons. The lowest BCUT2D eigenvalue weighted by Crippen LogP contribution is -2.20. The molecule has 1 aliphatic heterocycles. The first-order chi connectivity index (χ1) is 11.6. The van der Waals surface area contributed by atoms with Gasteiger partial charge in [0.15, 0.2) is 5.82 Å². The molecule has 1 aromatic carbocycles. The van der Waals surface area contributed by atoms with Crippen molar-refractivity contribution in [2.24, 2.45) is 0 Å². The van der Waals surface area contributed by atoms with E-state index in [1.165, 1.54) is 6.20 Å². The van der Waals surface area contributed by atoms with Crippen LogP contribution in [0.15, 0.2) is 24.5 Å². The number of benzene rings is 1. The number of pyridine rings is 2. The lowest BCUT2D eigenvalue weighted by molar-refractivity contribution is 0.310. The van der Waals surface area contributed by atoms with Crippen molar-refractivity contribution in [3.63, 3.8) is 0 Å². The summed E-state index contributed by atoms with van der Waals surface area (Å²) < 4.78 is 20.4. The molecule has 0 atom stereocenters. The highest BCUT2D eigenvalue weighted by Crippen LogP contribution is 2.39. The number of halogens is 1. The fourth-order valence-corrected chi connectivity index (χ4v) is 3.00. The normalized spacial score (nSPS) is 13.2. The standard InChI is InChI=1S/C17H16FN5O/c1-8-11(6-23-17-16(8)21-2-3-24-17)10-4-9-5-13(19)22-7-12(9)15(20)14(10)18/h4-7,21H,2-3,20H2,1H3,(H2,19,22). The van der Waals surface area contributed by atoms with Crippen LogP contribution in [-0.2, 0) is 0 Å². The zero-order valence-corrected chi connectivity index (χ0v) is 13.1. The Labute approximate surface area is 137 Å². The number of fused-ring (bicyclic) bond motifs is 2. The molecule has 0 unspecified atom stereocenters. The first-order valence-electron chi connectivity index (χ1n) is 7.56. The van der Waals surface area contributed by atoms with Gasteiger partial charge in [0.2, 0.25) is 5.88 Å². The summed E-state index contributed by atoms with van der Waals surface area (Å²) in [6.07, 6.45) is 3.09. The molecule has 0 bridgehead atoms. The van der Waals surface area contributed by atoms with E-state index in [-0.39, 0.29) is 5.69 Å². The smallest absolute Gasteiger partial charge is 0.237 e. The Morgan fingerprint density at radius 3 is 2.83 bits per heavy atom. The Bertz CT molecular complexity index is 973. The van der Waals surface area contributed by atoms with E-state index in [0.29, 0.717) is 41.4 Å². The number of hydrogen-bond donors (Lipinski definition) is 3. The van der Waals surface area contributed by atoms with E-state index in [0.717, 1.165) is 16.6 Å². The number of rotatable bonds is 1. The molecule has 0 spiro atoms. The molecule has 24 heavy (non-hydrogen) atoms. The molecular formula is C17H16FN5O. The number of nitrogens with one attached hydrogen (secondary N) is 1. The Kier molecular flexibility index (Phi) is 3.16. The van der Waals surface area contributed by atoms with Gasteiger partial charge in [0.25, 0.3) is 0 Å². The summed E-state index contributed by atoms with van der Waals surface area (Å²) in [5.74, 6) is 0.399. The predicted molar refractivity (Wildman–Crippen MR) is 92.5 cm³/mol. The van der Waals surface area contributed by atoms with Gasteiger partial charge in [0, 0.05) is 35.5 Å². The van der Waals surface area contributed by atoms with Crippen molar-refractivity contribution in [2.45, 2.75) is 6.92 Å². The summed E-state index contributed by atoms with van der Waals surface area (Å²) in [6.45, 7) is 3.14. The topological polar surface area (TPSA) is 99.1 Å². The minimum absolute atomic E-state index is 0.0522. The molecule has 122 valence electrons. The maximum absolute atomic E-state index is 14.9. The molecule has 0 saturated carbocycles. The molecular weight excluding hydrogens is 309 g/mol. The maximum Gasteiger partial charge on any atom is 0.237 e. The third kappa shape index (κ3) is 2.09. The highest BCUT2D eigenvalue weighted by molar-refractivity contribution is 5.98. The number of nitrogens with zero attached hydrogens (tertiary/aromatic N) is 2. The first-order valence-corrected chi connectivity index (χ1v) is 7.56. The highest BCUT2D eigenvalue weighted by Gasteiger charge is 2.20. The molecule has 3 aromatic rings. The Balaban J connectivity index is 1.98. The van der Waals surface area contributed by atoms with Crippen LogP contribution in [0.2, 0.25) is 0 Å². The lowest BCUT2D eigenvalue weighted by Gasteiger charge is -2.22. The number of anilines is 3. The van der Waals surface area contributed by atoms with Gasteiger partial charge in [-0.3, -0.25) is 0 Å². The maximum atomic E-state index is 14.9. The van der Waals surface area contributed by atoms with Gasteiger partial charge in [-0.25, -0.2) is 14.4 Å². The van der Waals surface area contributed by atoms with Crippen molar-refractivity contribution in [2.75, 3.05) is 29.9 Å². The van der Waals surface area contributed by atoms with Gasteiger partial charge >= 0.3 is 0 Å². The van der Waals surface area contributed by atoms with Gasteiger partial charge in [-0.05, 0) is 30.0 Å². The SMILES string of the molecule is Cc1c(-c2cc3cc(N)ncc3c(N)c2F)cnc2c1NCCO2. The van der Waals surface area contributed by atoms with E-state index < -0.39 is 5.82 Å². The van der Waals surface area contributed by atoms with Crippen LogP contribution in [0.25, 0.3) is 21.9 Å². The first kappa shape index (κ1) is 14.5. The van der Waals surface area contributed by atoms with Crippen molar-refractivity contribution in [3.8, 4) is 17.0 Å². The van der Waals surface area contributed by atoms with E-state index in [1.807, 2.05) is 6.92 Å². The van der Waals surface area contributed by atoms with Gasteiger partial charge in [-0.1, -0.05) is 0 Å². The van der Waals surface area contributed by atoms with Crippen molar-refractivity contribution < 1.29 is 9.13 Å². The van der Waals surface area contributed by atoms with E-state index in [2.05, 4.69) is 15.3 Å². The number of hydrogen-bond acceptors (Lipinski definition) is 6. The molecule has 6 nitrogen and oxygen atoms in total. The highest BCUT2D eigenvalue weighted by atomic mass is 19.1. The summed E-state index contributed by atoms with van der Waals surface area (Å²) in [4.78, 5) is 8.27. The average molecular weight is 325 g/mol. The molecule has 5 N–H and O–H groups in total. The van der Waals surface area contributed by atoms with Crippen LogP contribution in [0, 0.1) is 12.7 Å². The second-order valence-corrected chi connectivity index (χ2v) is 5.73. The minimum Gasteiger partial charge on any atom is -0.474 e. The van der Waals surface area contributed by atoms with Crippen LogP contribution < -0.4 is 21.5 Å². The molecule has 4 rings (SSSR count). The number of nitrogens with two attached hydrogens (primary N) is 2. The van der Waals surface area contributed by atoms with Crippen molar-refractivity contribution >= 4 is 28.0 Å². The number of nitrogen functional groups attached to an aromatic ring is 2. The van der Waals surface area contributed by atoms with Gasteiger partial charge in [-0.2, -0.15) is 0 Å². The zero-order valence-electron chi connectivity index (χ0n) is 13.1. The van der Waals surface area contributed by atoms with Gasteiger partial charge in [-0.15, -0.1) is 0 Å². The molecule has 7 heteroatoms. The van der Waals surface area contributed by atoms with Crippen molar-refractivity contribution in [1.29, 1.82) is 0 Å². The fourth-order valence-electron chi connectivity index (χ4n) is 3.00. The third-order valence-corrected chi connectivity index (χ3v) is 4.26. The van der Waals surface area contributed by atoms with E-state index in [1.54, 1.807) is 18.3 Å². The fraction of sp³-hybridized carbons (Fsp3) is 0.176. The quantitative estimate of drug-likeness (QED) is 0.595.